The summed E-state index contributed by atoms with van der Waals surface area (Å²) in [7, 11) is 0. The molecule has 0 saturated carbocycles. The molecule has 0 amide bonds. The van der Waals surface area contributed by atoms with Gasteiger partial charge in [-0.2, -0.15) is 0 Å². The third-order valence-corrected chi connectivity index (χ3v) is 3.95. The lowest BCUT2D eigenvalue weighted by Crippen LogP contribution is -2.13. The summed E-state index contributed by atoms with van der Waals surface area (Å²) in [6, 6.07) is 15.2. The maximum absolute atomic E-state index is 12.9. The van der Waals surface area contributed by atoms with Crippen LogP contribution in [-0.2, 0) is 10.2 Å². The molecule has 0 N–H and O–H groups in total. The van der Waals surface area contributed by atoms with E-state index in [2.05, 4.69) is 26.8 Å². The van der Waals surface area contributed by atoms with Crippen molar-refractivity contribution in [3.63, 3.8) is 0 Å². The minimum absolute atomic E-state index is 0.00954. The Hall–Kier alpha value is -2.13. The van der Waals surface area contributed by atoms with Crippen LogP contribution in [0.4, 0.5) is 0 Å². The molecular weight excluding hydrogens is 288 g/mol. The molecule has 2 aromatic rings. The summed E-state index contributed by atoms with van der Waals surface area (Å²) in [5.41, 5.74) is 2.44. The first-order valence-electron chi connectivity index (χ1n) is 7.94. The van der Waals surface area contributed by atoms with Crippen molar-refractivity contribution in [2.75, 3.05) is 13.2 Å². The Bertz CT molecular complexity index is 709. The van der Waals surface area contributed by atoms with Gasteiger partial charge < -0.3 is 9.47 Å². The van der Waals surface area contributed by atoms with Crippen molar-refractivity contribution in [2.45, 2.75) is 32.3 Å². The number of epoxide rings is 1. The third kappa shape index (κ3) is 3.80. The summed E-state index contributed by atoms with van der Waals surface area (Å²) in [5, 5.41) is 0. The number of para-hydroxylation sites is 1. The number of hydrogen-bond acceptors (Lipinski definition) is 3. The molecule has 1 aliphatic heterocycles. The van der Waals surface area contributed by atoms with Crippen LogP contribution in [0.5, 0.6) is 5.75 Å². The van der Waals surface area contributed by atoms with E-state index in [-0.39, 0.29) is 17.3 Å². The first-order chi connectivity index (χ1) is 10.9. The van der Waals surface area contributed by atoms with Gasteiger partial charge in [-0.15, -0.1) is 0 Å². The second kappa shape index (κ2) is 6.17. The predicted molar refractivity (Wildman–Crippen MR) is 90.3 cm³/mol. The van der Waals surface area contributed by atoms with Crippen molar-refractivity contribution in [2.24, 2.45) is 0 Å². The van der Waals surface area contributed by atoms with Crippen LogP contribution < -0.4 is 4.74 Å². The molecule has 0 spiro atoms. The Morgan fingerprint density at radius 2 is 1.91 bits per heavy atom. The van der Waals surface area contributed by atoms with E-state index in [1.165, 1.54) is 0 Å². The van der Waals surface area contributed by atoms with Crippen LogP contribution in [0.3, 0.4) is 0 Å². The van der Waals surface area contributed by atoms with Gasteiger partial charge in [0.2, 0.25) is 0 Å². The Morgan fingerprint density at radius 3 is 2.61 bits per heavy atom. The second-order valence-corrected chi connectivity index (χ2v) is 6.92. The van der Waals surface area contributed by atoms with Crippen LogP contribution in [0.2, 0.25) is 0 Å². The minimum atomic E-state index is -0.0107. The molecule has 0 bridgehead atoms. The first kappa shape index (κ1) is 15.8. The average molecular weight is 310 g/mol. The lowest BCUT2D eigenvalue weighted by atomic mass is 9.85. The maximum atomic E-state index is 12.9. The average Bonchev–Trinajstić information content (AvgIpc) is 3.36. The van der Waals surface area contributed by atoms with Gasteiger partial charge in [0.05, 0.1) is 12.2 Å². The topological polar surface area (TPSA) is 38.8 Å². The number of carbonyl (C=O) groups is 1. The number of benzene rings is 2. The van der Waals surface area contributed by atoms with Gasteiger partial charge >= 0.3 is 0 Å². The Morgan fingerprint density at radius 1 is 1.17 bits per heavy atom. The SMILES string of the molecule is CC(C)(C)c1cccc(C(=O)c2ccccc2OCC2CO2)c1. The van der Waals surface area contributed by atoms with Crippen molar-refractivity contribution >= 4 is 5.78 Å². The van der Waals surface area contributed by atoms with E-state index in [4.69, 9.17) is 9.47 Å². The van der Waals surface area contributed by atoms with Crippen LogP contribution in [0.1, 0.15) is 42.3 Å². The summed E-state index contributed by atoms with van der Waals surface area (Å²) >= 11 is 0. The monoisotopic (exact) mass is 310 g/mol. The smallest absolute Gasteiger partial charge is 0.196 e. The zero-order chi connectivity index (χ0) is 16.4. The van der Waals surface area contributed by atoms with Gasteiger partial charge in [0.1, 0.15) is 18.5 Å². The standard InChI is InChI=1S/C20H22O3/c1-20(2,3)15-8-6-7-14(11-15)19(21)17-9-4-5-10-18(17)23-13-16-12-22-16/h4-11,16H,12-13H2,1-3H3. The molecule has 3 heteroatoms. The lowest BCUT2D eigenvalue weighted by Gasteiger charge is -2.19. The van der Waals surface area contributed by atoms with Gasteiger partial charge in [0.15, 0.2) is 5.78 Å². The van der Waals surface area contributed by atoms with E-state index in [0.29, 0.717) is 23.5 Å². The fourth-order valence-electron chi connectivity index (χ4n) is 2.41. The normalized spacial score (nSPS) is 16.9. The quantitative estimate of drug-likeness (QED) is 0.619. The molecule has 3 nitrogen and oxygen atoms in total. The van der Waals surface area contributed by atoms with Crippen LogP contribution >= 0.6 is 0 Å². The van der Waals surface area contributed by atoms with E-state index >= 15 is 0 Å². The highest BCUT2D eigenvalue weighted by molar-refractivity contribution is 6.10. The predicted octanol–water partition coefficient (Wildman–Crippen LogP) is 3.99. The Balaban J connectivity index is 1.88. The molecule has 1 fully saturated rings. The highest BCUT2D eigenvalue weighted by Gasteiger charge is 2.24. The lowest BCUT2D eigenvalue weighted by molar-refractivity contribution is 0.103. The molecule has 1 atom stereocenters. The molecule has 0 aromatic heterocycles. The molecule has 1 aliphatic rings. The molecule has 120 valence electrons. The minimum Gasteiger partial charge on any atom is -0.490 e. The Kier molecular flexibility index (Phi) is 4.22. The number of ketones is 1. The molecule has 0 radical (unpaired) electrons. The van der Waals surface area contributed by atoms with Gasteiger partial charge in [0, 0.05) is 5.56 Å². The summed E-state index contributed by atoms with van der Waals surface area (Å²) in [6.07, 6.45) is 0.169. The summed E-state index contributed by atoms with van der Waals surface area (Å²) in [5.74, 6) is 0.609. The van der Waals surface area contributed by atoms with Crippen molar-refractivity contribution in [1.82, 2.24) is 0 Å². The van der Waals surface area contributed by atoms with Crippen LogP contribution in [0, 0.1) is 0 Å². The highest BCUT2D eigenvalue weighted by Crippen LogP contribution is 2.26. The molecule has 23 heavy (non-hydrogen) atoms. The van der Waals surface area contributed by atoms with Crippen LogP contribution in [-0.4, -0.2) is 25.1 Å². The van der Waals surface area contributed by atoms with Gasteiger partial charge in [-0.05, 0) is 29.2 Å². The third-order valence-electron chi connectivity index (χ3n) is 3.95. The van der Waals surface area contributed by atoms with Crippen LogP contribution in [0.25, 0.3) is 0 Å². The fourth-order valence-corrected chi connectivity index (χ4v) is 2.41. The van der Waals surface area contributed by atoms with Crippen molar-refractivity contribution in [3.8, 4) is 5.75 Å². The van der Waals surface area contributed by atoms with E-state index in [1.54, 1.807) is 0 Å². The van der Waals surface area contributed by atoms with Gasteiger partial charge in [0.25, 0.3) is 0 Å². The highest BCUT2D eigenvalue weighted by atomic mass is 16.6. The van der Waals surface area contributed by atoms with E-state index in [1.807, 2.05) is 42.5 Å². The van der Waals surface area contributed by atoms with E-state index in [9.17, 15) is 4.79 Å². The van der Waals surface area contributed by atoms with Crippen LogP contribution in [0.15, 0.2) is 48.5 Å². The van der Waals surface area contributed by atoms with Crippen molar-refractivity contribution in [3.05, 3.63) is 65.2 Å². The largest absolute Gasteiger partial charge is 0.490 e. The molecule has 1 unspecified atom stereocenters. The summed E-state index contributed by atoms with van der Waals surface area (Å²) < 4.78 is 10.9. The van der Waals surface area contributed by atoms with Gasteiger partial charge in [-0.25, -0.2) is 0 Å². The van der Waals surface area contributed by atoms with E-state index in [0.717, 1.165) is 12.2 Å². The molecule has 2 aromatic carbocycles. The molecule has 1 heterocycles. The van der Waals surface area contributed by atoms with E-state index < -0.39 is 0 Å². The fraction of sp³-hybridized carbons (Fsp3) is 0.350. The first-order valence-corrected chi connectivity index (χ1v) is 7.94. The van der Waals surface area contributed by atoms with Crippen molar-refractivity contribution in [1.29, 1.82) is 0 Å². The van der Waals surface area contributed by atoms with Crippen molar-refractivity contribution < 1.29 is 14.3 Å². The number of hydrogen-bond donors (Lipinski definition) is 0. The zero-order valence-electron chi connectivity index (χ0n) is 13.8. The molecule has 1 saturated heterocycles. The maximum Gasteiger partial charge on any atom is 0.196 e. The molecular formula is C20H22O3. The number of carbonyl (C=O) groups excluding carboxylic acids is 1. The molecule has 3 rings (SSSR count). The van der Waals surface area contributed by atoms with Gasteiger partial charge in [-0.1, -0.05) is 51.1 Å². The number of rotatable bonds is 5. The zero-order valence-corrected chi connectivity index (χ0v) is 13.8. The summed E-state index contributed by atoms with van der Waals surface area (Å²) in [4.78, 5) is 12.9. The second-order valence-electron chi connectivity index (χ2n) is 6.92. The number of ether oxygens (including phenoxy) is 2. The molecule has 0 aliphatic carbocycles. The Labute approximate surface area is 137 Å². The van der Waals surface area contributed by atoms with Gasteiger partial charge in [-0.3, -0.25) is 4.79 Å². The summed E-state index contributed by atoms with van der Waals surface area (Å²) in [6.45, 7) is 7.66.